The highest BCUT2D eigenvalue weighted by atomic mass is 32.2. The molecule has 0 atom stereocenters. The molecule has 0 saturated carbocycles. The predicted molar refractivity (Wildman–Crippen MR) is 107 cm³/mol. The second-order valence-corrected chi connectivity index (χ2v) is 7.56. The lowest BCUT2D eigenvalue weighted by molar-refractivity contribution is -0.113. The zero-order valence-corrected chi connectivity index (χ0v) is 15.6. The van der Waals surface area contributed by atoms with Crippen molar-refractivity contribution >= 4 is 46.0 Å². The van der Waals surface area contributed by atoms with Crippen molar-refractivity contribution in [1.29, 1.82) is 0 Å². The van der Waals surface area contributed by atoms with Crippen molar-refractivity contribution in [3.8, 4) is 0 Å². The molecule has 0 aliphatic carbocycles. The Kier molecular flexibility index (Phi) is 4.88. The number of anilines is 1. The van der Waals surface area contributed by atoms with Crippen LogP contribution in [0.25, 0.3) is 6.08 Å². The van der Waals surface area contributed by atoms with Gasteiger partial charge >= 0.3 is 0 Å². The Morgan fingerprint density at radius 3 is 2.42 bits per heavy atom. The van der Waals surface area contributed by atoms with Crippen LogP contribution in [-0.4, -0.2) is 10.2 Å². The second kappa shape index (κ2) is 6.91. The SMILES string of the molecule is CCc1ccc(/C=C2\SC(=S)N(c3ccc(C)c(C)c3)C2=O)cc1. The average Bonchev–Trinajstić information content (AvgIpc) is 2.85. The van der Waals surface area contributed by atoms with Gasteiger partial charge in [0.15, 0.2) is 4.32 Å². The lowest BCUT2D eigenvalue weighted by Crippen LogP contribution is -2.27. The molecule has 0 bridgehead atoms. The van der Waals surface area contributed by atoms with Gasteiger partial charge in [0.1, 0.15) is 0 Å². The molecule has 3 rings (SSSR count). The summed E-state index contributed by atoms with van der Waals surface area (Å²) in [4.78, 5) is 15.1. The third-order valence-corrected chi connectivity index (χ3v) is 5.53. The van der Waals surface area contributed by atoms with Crippen LogP contribution >= 0.6 is 24.0 Å². The molecule has 1 fully saturated rings. The van der Waals surface area contributed by atoms with Crippen molar-refractivity contribution < 1.29 is 4.79 Å². The molecule has 1 saturated heterocycles. The second-order valence-electron chi connectivity index (χ2n) is 5.88. The summed E-state index contributed by atoms with van der Waals surface area (Å²) in [5.74, 6) is -0.0483. The standard InChI is InChI=1S/C20H19NOS2/c1-4-15-6-8-16(9-7-15)12-18-19(22)21(20(23)24-18)17-10-5-13(2)14(3)11-17/h5-12H,4H2,1-3H3/b18-12-. The van der Waals surface area contributed by atoms with E-state index in [1.54, 1.807) is 4.90 Å². The summed E-state index contributed by atoms with van der Waals surface area (Å²) in [6, 6.07) is 14.3. The summed E-state index contributed by atoms with van der Waals surface area (Å²) in [7, 11) is 0. The largest absolute Gasteiger partial charge is 0.270 e. The number of hydrogen-bond donors (Lipinski definition) is 0. The van der Waals surface area contributed by atoms with E-state index in [0.717, 1.165) is 23.2 Å². The van der Waals surface area contributed by atoms with Gasteiger partial charge in [0, 0.05) is 0 Å². The average molecular weight is 354 g/mol. The Bertz CT molecular complexity index is 837. The van der Waals surface area contributed by atoms with Gasteiger partial charge in [0.05, 0.1) is 10.6 Å². The molecule has 1 amide bonds. The molecule has 1 heterocycles. The number of carbonyl (C=O) groups is 1. The number of thioether (sulfide) groups is 1. The van der Waals surface area contributed by atoms with Crippen LogP contribution in [0, 0.1) is 13.8 Å². The molecule has 0 aromatic heterocycles. The van der Waals surface area contributed by atoms with Crippen molar-refractivity contribution in [2.75, 3.05) is 4.90 Å². The van der Waals surface area contributed by atoms with E-state index in [0.29, 0.717) is 9.23 Å². The summed E-state index contributed by atoms with van der Waals surface area (Å²) in [5.41, 5.74) is 5.50. The molecule has 0 radical (unpaired) electrons. The third-order valence-electron chi connectivity index (χ3n) is 4.23. The van der Waals surface area contributed by atoms with E-state index in [-0.39, 0.29) is 5.91 Å². The molecular formula is C20H19NOS2. The van der Waals surface area contributed by atoms with E-state index in [9.17, 15) is 4.79 Å². The van der Waals surface area contributed by atoms with Crippen molar-refractivity contribution in [1.82, 2.24) is 0 Å². The van der Waals surface area contributed by atoms with Gasteiger partial charge in [-0.15, -0.1) is 0 Å². The lowest BCUT2D eigenvalue weighted by Gasteiger charge is -2.15. The van der Waals surface area contributed by atoms with Gasteiger partial charge in [0.25, 0.3) is 5.91 Å². The Balaban J connectivity index is 1.90. The number of rotatable bonds is 3. The number of amides is 1. The summed E-state index contributed by atoms with van der Waals surface area (Å²) in [6.07, 6.45) is 2.93. The van der Waals surface area contributed by atoms with E-state index < -0.39 is 0 Å². The third kappa shape index (κ3) is 3.30. The van der Waals surface area contributed by atoms with Crippen LogP contribution in [0.5, 0.6) is 0 Å². The van der Waals surface area contributed by atoms with Crippen molar-refractivity contribution in [3.63, 3.8) is 0 Å². The first-order valence-electron chi connectivity index (χ1n) is 7.93. The van der Waals surface area contributed by atoms with Crippen molar-refractivity contribution in [2.45, 2.75) is 27.2 Å². The molecule has 122 valence electrons. The summed E-state index contributed by atoms with van der Waals surface area (Å²) in [6.45, 7) is 6.23. The van der Waals surface area contributed by atoms with Gasteiger partial charge in [-0.25, -0.2) is 0 Å². The Hall–Kier alpha value is -1.91. The first-order valence-corrected chi connectivity index (χ1v) is 9.16. The number of hydrogen-bond acceptors (Lipinski definition) is 3. The molecular weight excluding hydrogens is 334 g/mol. The van der Waals surface area contributed by atoms with Gasteiger partial charge in [-0.2, -0.15) is 0 Å². The van der Waals surface area contributed by atoms with E-state index in [4.69, 9.17) is 12.2 Å². The van der Waals surface area contributed by atoms with E-state index >= 15 is 0 Å². The molecule has 2 aromatic rings. The van der Waals surface area contributed by atoms with Crippen LogP contribution in [0.15, 0.2) is 47.4 Å². The number of nitrogens with zero attached hydrogens (tertiary/aromatic N) is 1. The number of aryl methyl sites for hydroxylation is 3. The smallest absolute Gasteiger partial charge is 0.268 e. The number of carbonyl (C=O) groups excluding carboxylic acids is 1. The minimum absolute atomic E-state index is 0.0483. The molecule has 4 heteroatoms. The van der Waals surface area contributed by atoms with Gasteiger partial charge < -0.3 is 0 Å². The maximum absolute atomic E-state index is 12.8. The maximum atomic E-state index is 12.8. The summed E-state index contributed by atoms with van der Waals surface area (Å²) in [5, 5.41) is 0. The summed E-state index contributed by atoms with van der Waals surface area (Å²) < 4.78 is 0.583. The topological polar surface area (TPSA) is 20.3 Å². The lowest BCUT2D eigenvalue weighted by atomic mass is 10.1. The molecule has 0 unspecified atom stereocenters. The monoisotopic (exact) mass is 353 g/mol. The first kappa shape index (κ1) is 16.9. The van der Waals surface area contributed by atoms with E-state index in [1.807, 2.05) is 43.3 Å². The van der Waals surface area contributed by atoms with Gasteiger partial charge in [-0.05, 0) is 60.7 Å². The van der Waals surface area contributed by atoms with E-state index in [2.05, 4.69) is 26.0 Å². The fourth-order valence-corrected chi connectivity index (χ4v) is 3.85. The molecule has 2 aromatic carbocycles. The number of thiocarbonyl (C=S) groups is 1. The van der Waals surface area contributed by atoms with Crippen molar-refractivity contribution in [3.05, 3.63) is 69.6 Å². The predicted octanol–water partition coefficient (Wildman–Crippen LogP) is 5.27. The normalized spacial score (nSPS) is 16.3. The first-order chi connectivity index (χ1) is 11.5. The Labute approximate surface area is 152 Å². The molecule has 1 aliphatic rings. The molecule has 2 nitrogen and oxygen atoms in total. The van der Waals surface area contributed by atoms with Gasteiger partial charge in [0.2, 0.25) is 0 Å². The Morgan fingerprint density at radius 2 is 1.79 bits per heavy atom. The zero-order chi connectivity index (χ0) is 17.3. The molecule has 1 aliphatic heterocycles. The highest BCUT2D eigenvalue weighted by molar-refractivity contribution is 8.27. The van der Waals surface area contributed by atoms with Crippen LogP contribution in [0.3, 0.4) is 0 Å². The van der Waals surface area contributed by atoms with Crippen LogP contribution < -0.4 is 4.90 Å². The molecule has 0 spiro atoms. The maximum Gasteiger partial charge on any atom is 0.270 e. The zero-order valence-electron chi connectivity index (χ0n) is 14.0. The van der Waals surface area contributed by atoms with Crippen LogP contribution in [0.1, 0.15) is 29.2 Å². The highest BCUT2D eigenvalue weighted by Crippen LogP contribution is 2.36. The quantitative estimate of drug-likeness (QED) is 0.554. The van der Waals surface area contributed by atoms with Crippen LogP contribution in [0.2, 0.25) is 0 Å². The highest BCUT2D eigenvalue weighted by Gasteiger charge is 2.33. The fourth-order valence-electron chi connectivity index (χ4n) is 2.56. The minimum atomic E-state index is -0.0483. The molecule has 0 N–H and O–H groups in total. The summed E-state index contributed by atoms with van der Waals surface area (Å²) >= 11 is 6.80. The Morgan fingerprint density at radius 1 is 1.08 bits per heavy atom. The van der Waals surface area contributed by atoms with Crippen LogP contribution in [0.4, 0.5) is 5.69 Å². The minimum Gasteiger partial charge on any atom is -0.268 e. The van der Waals surface area contributed by atoms with Gasteiger partial charge in [-0.1, -0.05) is 61.2 Å². The van der Waals surface area contributed by atoms with Gasteiger partial charge in [-0.3, -0.25) is 9.69 Å². The van der Waals surface area contributed by atoms with Crippen LogP contribution in [-0.2, 0) is 11.2 Å². The number of benzene rings is 2. The fraction of sp³-hybridized carbons (Fsp3) is 0.200. The van der Waals surface area contributed by atoms with E-state index in [1.165, 1.54) is 22.9 Å². The molecule has 24 heavy (non-hydrogen) atoms. The van der Waals surface area contributed by atoms with Crippen molar-refractivity contribution in [2.24, 2.45) is 0 Å².